The summed E-state index contributed by atoms with van der Waals surface area (Å²) in [6, 6.07) is 2.54. The van der Waals surface area contributed by atoms with Gasteiger partial charge in [0.15, 0.2) is 0 Å². The van der Waals surface area contributed by atoms with Crippen molar-refractivity contribution in [1.82, 2.24) is 14.7 Å². The third-order valence-corrected chi connectivity index (χ3v) is 4.38. The Labute approximate surface area is 138 Å². The van der Waals surface area contributed by atoms with E-state index < -0.39 is 11.7 Å². The lowest BCUT2D eigenvalue weighted by atomic mass is 10.0. The molecule has 0 aliphatic carbocycles. The maximum absolute atomic E-state index is 13.8. The van der Waals surface area contributed by atoms with Crippen LogP contribution in [0.3, 0.4) is 0 Å². The van der Waals surface area contributed by atoms with Crippen LogP contribution in [0.15, 0.2) is 30.3 Å². The first-order chi connectivity index (χ1) is 11.5. The molecule has 2 aliphatic rings. The lowest BCUT2D eigenvalue weighted by Crippen LogP contribution is -2.21. The lowest BCUT2D eigenvalue weighted by molar-refractivity contribution is 0.0999. The van der Waals surface area contributed by atoms with Crippen LogP contribution in [0.25, 0.3) is 5.57 Å². The molecule has 2 aliphatic heterocycles. The Bertz CT molecular complexity index is 923. The monoisotopic (exact) mass is 325 g/mol. The van der Waals surface area contributed by atoms with E-state index in [0.29, 0.717) is 17.8 Å². The van der Waals surface area contributed by atoms with E-state index in [1.165, 1.54) is 12.1 Å². The minimum atomic E-state index is -0.649. The molecule has 0 unspecified atom stereocenters. The Morgan fingerprint density at radius 1 is 1.46 bits per heavy atom. The van der Waals surface area contributed by atoms with Crippen molar-refractivity contribution in [2.75, 3.05) is 18.9 Å². The van der Waals surface area contributed by atoms with E-state index in [1.54, 1.807) is 10.9 Å². The van der Waals surface area contributed by atoms with Gasteiger partial charge in [0.25, 0.3) is 0 Å². The number of nitrogens with one attached hydrogen (secondary N) is 1. The maximum Gasteiger partial charge on any atom is 0.249 e. The number of nitrogens with zero attached hydrogens (tertiary/aromatic N) is 3. The van der Waals surface area contributed by atoms with E-state index in [9.17, 15) is 9.18 Å². The van der Waals surface area contributed by atoms with Crippen molar-refractivity contribution < 1.29 is 9.18 Å². The average molecular weight is 325 g/mol. The number of halogens is 1. The van der Waals surface area contributed by atoms with Crippen LogP contribution < -0.4 is 11.1 Å². The van der Waals surface area contributed by atoms with Crippen molar-refractivity contribution >= 4 is 23.0 Å². The summed E-state index contributed by atoms with van der Waals surface area (Å²) < 4.78 is 15.6. The summed E-state index contributed by atoms with van der Waals surface area (Å²) in [6.45, 7) is 1.27. The van der Waals surface area contributed by atoms with Crippen molar-refractivity contribution in [1.29, 1.82) is 0 Å². The number of fused-ring (bicyclic) bond motifs is 2. The standard InChI is InChI=1S/C17H16FN5O/c1-22-4-2-10(3-5-22)13-8-20-23-9-14-12(16(19)24)6-11(18)7-15(14)21-17(13)23/h5-8,21H,2,4,9H2,1H3,(H2,19,24). The first kappa shape index (κ1) is 14.5. The second-order valence-electron chi connectivity index (χ2n) is 6.02. The number of primary amides is 1. The minimum Gasteiger partial charge on any atom is -0.374 e. The zero-order valence-corrected chi connectivity index (χ0v) is 13.1. The van der Waals surface area contributed by atoms with Gasteiger partial charge in [-0.25, -0.2) is 9.07 Å². The summed E-state index contributed by atoms with van der Waals surface area (Å²) in [7, 11) is 2.00. The number of hydrogen-bond acceptors (Lipinski definition) is 4. The molecule has 122 valence electrons. The molecule has 0 saturated heterocycles. The summed E-state index contributed by atoms with van der Waals surface area (Å²) in [6.07, 6.45) is 4.54. The third-order valence-electron chi connectivity index (χ3n) is 4.38. The van der Waals surface area contributed by atoms with Crippen LogP contribution >= 0.6 is 0 Å². The molecule has 0 radical (unpaired) electrons. The Balaban J connectivity index is 1.79. The van der Waals surface area contributed by atoms with Gasteiger partial charge in [0.05, 0.1) is 12.7 Å². The zero-order chi connectivity index (χ0) is 16.8. The number of aromatic nitrogens is 2. The lowest BCUT2D eigenvalue weighted by Gasteiger charge is -2.24. The highest BCUT2D eigenvalue weighted by atomic mass is 19.1. The van der Waals surface area contributed by atoms with Gasteiger partial charge in [0, 0.05) is 47.7 Å². The molecule has 3 N–H and O–H groups in total. The molecule has 1 amide bonds. The summed E-state index contributed by atoms with van der Waals surface area (Å²) in [5.41, 5.74) is 12.0. The largest absolute Gasteiger partial charge is 0.374 e. The van der Waals surface area contributed by atoms with Crippen LogP contribution in [0.1, 0.15) is 27.9 Å². The topological polar surface area (TPSA) is 76.2 Å². The molecule has 3 heterocycles. The van der Waals surface area contributed by atoms with Crippen LogP contribution in [0, 0.1) is 5.82 Å². The fraction of sp³-hybridized carbons (Fsp3) is 0.235. The molecule has 0 saturated carbocycles. The molecule has 6 nitrogen and oxygen atoms in total. The van der Waals surface area contributed by atoms with Gasteiger partial charge in [0.1, 0.15) is 11.6 Å². The van der Waals surface area contributed by atoms with Crippen LogP contribution in [0.2, 0.25) is 0 Å². The smallest absolute Gasteiger partial charge is 0.249 e. The molecular formula is C17H16FN5O. The van der Waals surface area contributed by atoms with Gasteiger partial charge in [-0.3, -0.25) is 4.79 Å². The van der Waals surface area contributed by atoms with Gasteiger partial charge >= 0.3 is 0 Å². The predicted molar refractivity (Wildman–Crippen MR) is 88.3 cm³/mol. The second kappa shape index (κ2) is 5.25. The molecule has 7 heteroatoms. The molecule has 0 spiro atoms. The minimum absolute atomic E-state index is 0.179. The van der Waals surface area contributed by atoms with Gasteiger partial charge < -0.3 is 16.0 Å². The summed E-state index contributed by atoms with van der Waals surface area (Å²) in [4.78, 5) is 13.7. The van der Waals surface area contributed by atoms with Crippen LogP contribution in [-0.2, 0) is 6.54 Å². The van der Waals surface area contributed by atoms with Gasteiger partial charge in [-0.2, -0.15) is 5.10 Å². The SMILES string of the molecule is CN1C=C=C(c2cnn3c2Nc2cc(F)cc(C(N)=O)c2C3)CC1. The van der Waals surface area contributed by atoms with Crippen molar-refractivity contribution in [3.05, 3.63) is 52.8 Å². The van der Waals surface area contributed by atoms with Crippen molar-refractivity contribution in [3.63, 3.8) is 0 Å². The van der Waals surface area contributed by atoms with E-state index in [4.69, 9.17) is 5.73 Å². The quantitative estimate of drug-likeness (QED) is 0.707. The fourth-order valence-corrected chi connectivity index (χ4v) is 3.10. The van der Waals surface area contributed by atoms with E-state index in [-0.39, 0.29) is 5.56 Å². The van der Waals surface area contributed by atoms with Gasteiger partial charge in [-0.05, 0) is 18.6 Å². The Morgan fingerprint density at radius 3 is 3.00 bits per heavy atom. The van der Waals surface area contributed by atoms with Crippen LogP contribution in [0.5, 0.6) is 0 Å². The number of hydrogen-bond donors (Lipinski definition) is 2. The molecular weight excluding hydrogens is 309 g/mol. The summed E-state index contributed by atoms with van der Waals surface area (Å²) in [5.74, 6) is -0.365. The van der Waals surface area contributed by atoms with E-state index in [2.05, 4.69) is 21.0 Å². The van der Waals surface area contributed by atoms with E-state index in [0.717, 1.165) is 29.9 Å². The van der Waals surface area contributed by atoms with Gasteiger partial charge in [0.2, 0.25) is 5.91 Å². The molecule has 0 bridgehead atoms. The van der Waals surface area contributed by atoms with Crippen molar-refractivity contribution in [2.24, 2.45) is 5.73 Å². The molecule has 0 atom stereocenters. The highest BCUT2D eigenvalue weighted by Gasteiger charge is 2.25. The van der Waals surface area contributed by atoms with Crippen molar-refractivity contribution in [2.45, 2.75) is 13.0 Å². The average Bonchev–Trinajstić information content (AvgIpc) is 2.95. The molecule has 2 aromatic rings. The first-order valence-electron chi connectivity index (χ1n) is 7.64. The van der Waals surface area contributed by atoms with Crippen LogP contribution in [0.4, 0.5) is 15.9 Å². The van der Waals surface area contributed by atoms with E-state index >= 15 is 0 Å². The highest BCUT2D eigenvalue weighted by Crippen LogP contribution is 2.36. The number of carbonyl (C=O) groups is 1. The normalized spacial score (nSPS) is 15.4. The van der Waals surface area contributed by atoms with E-state index in [1.807, 2.05) is 13.2 Å². The zero-order valence-electron chi connectivity index (χ0n) is 13.1. The number of amides is 1. The Hall–Kier alpha value is -3.05. The predicted octanol–water partition coefficient (Wildman–Crippen LogP) is 2.06. The highest BCUT2D eigenvalue weighted by molar-refractivity contribution is 5.96. The number of carbonyl (C=O) groups excluding carboxylic acids is 1. The molecule has 1 aromatic carbocycles. The fourth-order valence-electron chi connectivity index (χ4n) is 3.10. The third kappa shape index (κ3) is 2.26. The molecule has 1 aromatic heterocycles. The van der Waals surface area contributed by atoms with Gasteiger partial charge in [-0.15, -0.1) is 0 Å². The summed E-state index contributed by atoms with van der Waals surface area (Å²) >= 11 is 0. The van der Waals surface area contributed by atoms with Crippen molar-refractivity contribution in [3.8, 4) is 0 Å². The Morgan fingerprint density at radius 2 is 2.29 bits per heavy atom. The second-order valence-corrected chi connectivity index (χ2v) is 6.02. The number of nitrogens with two attached hydrogens (primary N) is 1. The maximum atomic E-state index is 13.8. The van der Waals surface area contributed by atoms with Crippen LogP contribution in [-0.4, -0.2) is 34.2 Å². The molecule has 0 fully saturated rings. The Kier molecular flexibility index (Phi) is 3.18. The first-order valence-corrected chi connectivity index (χ1v) is 7.64. The molecule has 24 heavy (non-hydrogen) atoms. The number of anilines is 2. The number of benzene rings is 1. The summed E-state index contributed by atoms with van der Waals surface area (Å²) in [5, 5.41) is 7.59. The molecule has 4 rings (SSSR count). The number of rotatable bonds is 2. The van der Waals surface area contributed by atoms with Gasteiger partial charge in [-0.1, -0.05) is 5.73 Å².